The van der Waals surface area contributed by atoms with Crippen LogP contribution in [0.2, 0.25) is 0 Å². The average molecular weight is 392 g/mol. The number of aromatic nitrogens is 1. The highest BCUT2D eigenvalue weighted by Crippen LogP contribution is 2.35. The fourth-order valence-electron chi connectivity index (χ4n) is 3.33. The molecule has 3 heterocycles. The van der Waals surface area contributed by atoms with Gasteiger partial charge in [-0.3, -0.25) is 4.90 Å². The van der Waals surface area contributed by atoms with Crippen LogP contribution in [0.15, 0.2) is 41.0 Å². The summed E-state index contributed by atoms with van der Waals surface area (Å²) in [6.07, 6.45) is 1.99. The first-order valence-corrected chi connectivity index (χ1v) is 9.22. The van der Waals surface area contributed by atoms with Crippen molar-refractivity contribution in [2.45, 2.75) is 6.54 Å². The molecule has 2 aliphatic rings. The van der Waals surface area contributed by atoms with Crippen LogP contribution in [0.3, 0.4) is 0 Å². The summed E-state index contributed by atoms with van der Waals surface area (Å²) in [5.41, 5.74) is 1.29. The molecule has 2 N–H and O–H groups in total. The van der Waals surface area contributed by atoms with Gasteiger partial charge in [0.25, 0.3) is 5.82 Å². The number of hydrogen-bond donors (Lipinski definition) is 1. The van der Waals surface area contributed by atoms with Gasteiger partial charge in [0.05, 0.1) is 6.20 Å². The van der Waals surface area contributed by atoms with Crippen molar-refractivity contribution in [2.75, 3.05) is 44.3 Å². The molecule has 0 saturated carbocycles. The summed E-state index contributed by atoms with van der Waals surface area (Å²) in [7, 11) is 0. The largest absolute Gasteiger partial charge is 0.486 e. The number of pyridine rings is 1. The van der Waals surface area contributed by atoms with Gasteiger partial charge in [0.15, 0.2) is 11.5 Å². The second kappa shape index (κ2) is 6.99. The topological polar surface area (TPSA) is 40.3 Å². The van der Waals surface area contributed by atoms with Crippen molar-refractivity contribution in [3.05, 3.63) is 46.6 Å². The Morgan fingerprint density at radius 2 is 1.83 bits per heavy atom. The summed E-state index contributed by atoms with van der Waals surface area (Å²) in [4.78, 5) is 7.34. The third kappa shape index (κ3) is 3.35. The second-order valence-corrected chi connectivity index (χ2v) is 7.10. The van der Waals surface area contributed by atoms with Crippen LogP contribution in [-0.2, 0) is 6.54 Å². The zero-order valence-electron chi connectivity index (χ0n) is 13.6. The third-order valence-electron chi connectivity index (χ3n) is 4.66. The number of anilines is 1. The summed E-state index contributed by atoms with van der Waals surface area (Å²) in [6.45, 7) is 6.66. The van der Waals surface area contributed by atoms with Crippen molar-refractivity contribution in [3.8, 4) is 11.5 Å². The van der Waals surface area contributed by atoms with E-state index in [1.807, 2.05) is 18.3 Å². The number of H-pyrrole nitrogens is 1. The molecular weight excluding hydrogens is 370 g/mol. The lowest BCUT2D eigenvalue weighted by Crippen LogP contribution is -3.13. The summed E-state index contributed by atoms with van der Waals surface area (Å²) >= 11 is 3.69. The molecule has 1 saturated heterocycles. The number of piperazine rings is 1. The molecule has 0 spiro atoms. The van der Waals surface area contributed by atoms with Gasteiger partial charge in [-0.1, -0.05) is 22.0 Å². The molecule has 2 aromatic rings. The molecule has 24 heavy (non-hydrogen) atoms. The summed E-state index contributed by atoms with van der Waals surface area (Å²) in [5, 5.41) is 0. The number of benzene rings is 1. The first kappa shape index (κ1) is 15.7. The Balaban J connectivity index is 1.40. The van der Waals surface area contributed by atoms with Crippen molar-refractivity contribution in [1.29, 1.82) is 0 Å². The van der Waals surface area contributed by atoms with Gasteiger partial charge in [-0.05, 0) is 18.2 Å². The molecule has 0 unspecified atom stereocenters. The van der Waals surface area contributed by atoms with Gasteiger partial charge in [-0.2, -0.15) is 0 Å². The van der Waals surface area contributed by atoms with Gasteiger partial charge in [0.1, 0.15) is 45.9 Å². The number of quaternary nitrogens is 1. The highest BCUT2D eigenvalue weighted by molar-refractivity contribution is 9.10. The van der Waals surface area contributed by atoms with E-state index in [0.29, 0.717) is 13.2 Å². The lowest BCUT2D eigenvalue weighted by Gasteiger charge is -2.29. The maximum absolute atomic E-state index is 5.72. The van der Waals surface area contributed by atoms with E-state index in [2.05, 4.69) is 44.0 Å². The summed E-state index contributed by atoms with van der Waals surface area (Å²) in [5.74, 6) is 2.92. The van der Waals surface area contributed by atoms with Gasteiger partial charge in [-0.15, -0.1) is 0 Å². The third-order valence-corrected chi connectivity index (χ3v) is 5.39. The van der Waals surface area contributed by atoms with Gasteiger partial charge in [0, 0.05) is 16.1 Å². The molecule has 1 fully saturated rings. The second-order valence-electron chi connectivity index (χ2n) is 6.25. The minimum Gasteiger partial charge on any atom is -0.486 e. The number of nitrogens with one attached hydrogen (secondary N) is 2. The van der Waals surface area contributed by atoms with Crippen LogP contribution in [0.1, 0.15) is 5.56 Å². The molecule has 4 rings (SSSR count). The minimum atomic E-state index is 0.627. The van der Waals surface area contributed by atoms with Crippen molar-refractivity contribution in [1.82, 2.24) is 0 Å². The quantitative estimate of drug-likeness (QED) is 0.846. The number of rotatable bonds is 3. The van der Waals surface area contributed by atoms with Crippen molar-refractivity contribution in [3.63, 3.8) is 0 Å². The van der Waals surface area contributed by atoms with Crippen LogP contribution in [0.5, 0.6) is 11.5 Å². The van der Waals surface area contributed by atoms with E-state index in [0.717, 1.165) is 48.7 Å². The minimum absolute atomic E-state index is 0.627. The van der Waals surface area contributed by atoms with Crippen LogP contribution in [-0.4, -0.2) is 39.4 Å². The van der Waals surface area contributed by atoms with E-state index >= 15 is 0 Å². The maximum Gasteiger partial charge on any atom is 0.274 e. The Kier molecular flexibility index (Phi) is 4.58. The highest BCUT2D eigenvalue weighted by atomic mass is 79.9. The van der Waals surface area contributed by atoms with E-state index < -0.39 is 0 Å². The van der Waals surface area contributed by atoms with Gasteiger partial charge in [0.2, 0.25) is 0 Å². The summed E-state index contributed by atoms with van der Waals surface area (Å²) < 4.78 is 12.5. The molecule has 126 valence electrons. The van der Waals surface area contributed by atoms with Gasteiger partial charge >= 0.3 is 0 Å². The predicted octanol–water partition coefficient (Wildman–Crippen LogP) is 0.940. The van der Waals surface area contributed by atoms with Crippen LogP contribution in [0.25, 0.3) is 0 Å². The molecule has 0 radical (unpaired) electrons. The average Bonchev–Trinajstić information content (AvgIpc) is 2.64. The number of hydrogen-bond acceptors (Lipinski definition) is 3. The first-order chi connectivity index (χ1) is 11.8. The zero-order valence-corrected chi connectivity index (χ0v) is 15.1. The van der Waals surface area contributed by atoms with E-state index in [1.165, 1.54) is 11.4 Å². The lowest BCUT2D eigenvalue weighted by molar-refractivity contribution is -0.914. The smallest absolute Gasteiger partial charge is 0.274 e. The molecule has 1 aromatic heterocycles. The van der Waals surface area contributed by atoms with Gasteiger partial charge < -0.3 is 14.4 Å². The standard InChI is InChI=1S/C18H20BrN3O2/c19-15-12-17-16(23-9-10-24-17)11-14(15)13-21-5-7-22(8-6-21)18-3-1-2-4-20-18/h1-4,11-12H,5-10,13H2/p+2. The van der Waals surface area contributed by atoms with E-state index in [9.17, 15) is 0 Å². The number of aromatic amines is 1. The Morgan fingerprint density at radius 3 is 2.54 bits per heavy atom. The highest BCUT2D eigenvalue weighted by Gasteiger charge is 2.27. The lowest BCUT2D eigenvalue weighted by atomic mass is 10.1. The molecule has 0 bridgehead atoms. The number of nitrogens with zero attached hydrogens (tertiary/aromatic N) is 1. The Hall–Kier alpha value is -1.79. The first-order valence-electron chi connectivity index (χ1n) is 8.43. The van der Waals surface area contributed by atoms with E-state index in [4.69, 9.17) is 9.47 Å². The Bertz CT molecular complexity index is 703. The summed E-state index contributed by atoms with van der Waals surface area (Å²) in [6, 6.07) is 10.4. The predicted molar refractivity (Wildman–Crippen MR) is 94.7 cm³/mol. The number of ether oxygens (including phenoxy) is 2. The zero-order chi connectivity index (χ0) is 16.4. The molecule has 2 aliphatic heterocycles. The molecule has 0 aliphatic carbocycles. The normalized spacial score (nSPS) is 17.8. The van der Waals surface area contributed by atoms with Crippen LogP contribution < -0.4 is 24.3 Å². The molecular formula is C18H22BrN3O2+2. The Labute approximate surface area is 150 Å². The number of fused-ring (bicyclic) bond motifs is 1. The van der Waals surface area contributed by atoms with Gasteiger partial charge in [-0.25, -0.2) is 4.98 Å². The maximum atomic E-state index is 5.72. The molecule has 1 aromatic carbocycles. The van der Waals surface area contributed by atoms with E-state index in [1.54, 1.807) is 4.90 Å². The Morgan fingerprint density at radius 1 is 1.08 bits per heavy atom. The van der Waals surface area contributed by atoms with Crippen molar-refractivity contribution < 1.29 is 19.4 Å². The van der Waals surface area contributed by atoms with Crippen LogP contribution in [0.4, 0.5) is 5.82 Å². The SMILES string of the molecule is Brc1cc2c(cc1C[NH+]1CCN(c3cccc[nH+]3)CC1)OCCO2. The molecule has 0 atom stereocenters. The molecule has 6 heteroatoms. The van der Waals surface area contributed by atoms with Crippen LogP contribution in [0, 0.1) is 0 Å². The van der Waals surface area contributed by atoms with Crippen molar-refractivity contribution in [2.24, 2.45) is 0 Å². The van der Waals surface area contributed by atoms with Crippen molar-refractivity contribution >= 4 is 21.7 Å². The number of halogens is 1. The fraction of sp³-hybridized carbons (Fsp3) is 0.389. The monoisotopic (exact) mass is 391 g/mol. The fourth-order valence-corrected chi connectivity index (χ4v) is 3.79. The van der Waals surface area contributed by atoms with Crippen LogP contribution >= 0.6 is 15.9 Å². The molecule has 0 amide bonds. The molecule has 5 nitrogen and oxygen atoms in total. The van der Waals surface area contributed by atoms with E-state index in [-0.39, 0.29) is 0 Å².